The molecule has 2 aromatic carbocycles. The molecule has 0 bridgehead atoms. The zero-order chi connectivity index (χ0) is 20.1. The van der Waals surface area contributed by atoms with Crippen LogP contribution in [0.25, 0.3) is 0 Å². The second kappa shape index (κ2) is 8.12. The average Bonchev–Trinajstić information content (AvgIpc) is 2.93. The standard InChI is InChI=1S/C21H22N2O5/c1-21(19(25)22-20(26)23-21)12-11-14-3-9-17(10-4-14)28-18(24)13-15-5-7-16(27-2)8-6-15/h3-10H,11-13H2,1-2H3,(H2,22,23,25,26)/t21-/m0/s1. The molecule has 1 atom stereocenters. The van der Waals surface area contributed by atoms with Gasteiger partial charge in [-0.15, -0.1) is 0 Å². The van der Waals surface area contributed by atoms with Gasteiger partial charge < -0.3 is 14.8 Å². The van der Waals surface area contributed by atoms with Crippen LogP contribution in [-0.4, -0.2) is 30.6 Å². The number of aryl methyl sites for hydroxylation is 1. The summed E-state index contributed by atoms with van der Waals surface area (Å²) in [6, 6.07) is 13.9. The highest BCUT2D eigenvalue weighted by atomic mass is 16.5. The summed E-state index contributed by atoms with van der Waals surface area (Å²) in [5.74, 6) is 0.522. The van der Waals surface area contributed by atoms with E-state index in [9.17, 15) is 14.4 Å². The first-order valence-corrected chi connectivity index (χ1v) is 8.94. The number of methoxy groups -OCH3 is 1. The highest BCUT2D eigenvalue weighted by Crippen LogP contribution is 2.20. The number of hydrogen-bond acceptors (Lipinski definition) is 5. The summed E-state index contributed by atoms with van der Waals surface area (Å²) in [7, 11) is 1.59. The zero-order valence-electron chi connectivity index (χ0n) is 15.8. The number of urea groups is 1. The molecule has 0 aliphatic carbocycles. The van der Waals surface area contributed by atoms with Crippen molar-refractivity contribution < 1.29 is 23.9 Å². The van der Waals surface area contributed by atoms with Gasteiger partial charge in [-0.3, -0.25) is 14.9 Å². The lowest BCUT2D eigenvalue weighted by Gasteiger charge is -2.20. The van der Waals surface area contributed by atoms with Crippen molar-refractivity contribution in [1.82, 2.24) is 10.6 Å². The third kappa shape index (κ3) is 4.68. The molecule has 0 aromatic heterocycles. The summed E-state index contributed by atoms with van der Waals surface area (Å²) in [4.78, 5) is 35.2. The predicted molar refractivity (Wildman–Crippen MR) is 102 cm³/mol. The molecule has 1 aliphatic rings. The van der Waals surface area contributed by atoms with Crippen molar-refractivity contribution in [3.63, 3.8) is 0 Å². The van der Waals surface area contributed by atoms with Crippen molar-refractivity contribution >= 4 is 17.9 Å². The molecule has 1 heterocycles. The second-order valence-corrected chi connectivity index (χ2v) is 6.88. The Labute approximate surface area is 163 Å². The smallest absolute Gasteiger partial charge is 0.322 e. The van der Waals surface area contributed by atoms with Gasteiger partial charge in [0.2, 0.25) is 0 Å². The fourth-order valence-electron chi connectivity index (χ4n) is 2.95. The number of rotatable bonds is 7. The van der Waals surface area contributed by atoms with Gasteiger partial charge in [0.25, 0.3) is 5.91 Å². The van der Waals surface area contributed by atoms with Gasteiger partial charge in [-0.05, 0) is 55.2 Å². The van der Waals surface area contributed by atoms with E-state index in [0.717, 1.165) is 16.9 Å². The molecule has 2 N–H and O–H groups in total. The minimum absolute atomic E-state index is 0.166. The van der Waals surface area contributed by atoms with Gasteiger partial charge in [0.1, 0.15) is 17.0 Å². The number of ether oxygens (including phenoxy) is 2. The molecule has 3 rings (SSSR count). The number of esters is 1. The van der Waals surface area contributed by atoms with Gasteiger partial charge in [-0.1, -0.05) is 24.3 Å². The number of imide groups is 1. The van der Waals surface area contributed by atoms with Crippen LogP contribution in [0.4, 0.5) is 4.79 Å². The fraction of sp³-hybridized carbons (Fsp3) is 0.286. The van der Waals surface area contributed by atoms with E-state index in [0.29, 0.717) is 18.6 Å². The summed E-state index contributed by atoms with van der Waals surface area (Å²) in [5.41, 5.74) is 0.915. The normalized spacial score (nSPS) is 18.4. The maximum absolute atomic E-state index is 12.1. The van der Waals surface area contributed by atoms with Gasteiger partial charge in [-0.25, -0.2) is 4.79 Å². The van der Waals surface area contributed by atoms with E-state index < -0.39 is 11.6 Å². The summed E-state index contributed by atoms with van der Waals surface area (Å²) in [5, 5.41) is 4.89. The van der Waals surface area contributed by atoms with E-state index in [4.69, 9.17) is 9.47 Å². The van der Waals surface area contributed by atoms with Crippen LogP contribution < -0.4 is 20.1 Å². The number of carbonyl (C=O) groups excluding carboxylic acids is 3. The monoisotopic (exact) mass is 382 g/mol. The first-order chi connectivity index (χ1) is 13.4. The van der Waals surface area contributed by atoms with Gasteiger partial charge in [-0.2, -0.15) is 0 Å². The van der Waals surface area contributed by atoms with Crippen molar-refractivity contribution in [1.29, 1.82) is 0 Å². The third-order valence-electron chi connectivity index (χ3n) is 4.69. The quantitative estimate of drug-likeness (QED) is 0.436. The third-order valence-corrected chi connectivity index (χ3v) is 4.69. The van der Waals surface area contributed by atoms with E-state index in [1.807, 2.05) is 24.3 Å². The van der Waals surface area contributed by atoms with E-state index in [1.165, 1.54) is 0 Å². The second-order valence-electron chi connectivity index (χ2n) is 6.88. The zero-order valence-corrected chi connectivity index (χ0v) is 15.8. The number of nitrogens with one attached hydrogen (secondary N) is 2. The number of hydrogen-bond donors (Lipinski definition) is 2. The van der Waals surface area contributed by atoms with Crippen molar-refractivity contribution in [2.45, 2.75) is 31.7 Å². The van der Waals surface area contributed by atoms with Crippen LogP contribution in [-0.2, 0) is 22.4 Å². The molecule has 0 saturated carbocycles. The minimum atomic E-state index is -0.902. The highest BCUT2D eigenvalue weighted by Gasteiger charge is 2.41. The Balaban J connectivity index is 1.51. The van der Waals surface area contributed by atoms with Crippen LogP contribution in [0.2, 0.25) is 0 Å². The van der Waals surface area contributed by atoms with Crippen LogP contribution in [0, 0.1) is 0 Å². The molecule has 0 radical (unpaired) electrons. The Kier molecular flexibility index (Phi) is 5.63. The predicted octanol–water partition coefficient (Wildman–Crippen LogP) is 2.37. The molecule has 28 heavy (non-hydrogen) atoms. The Morgan fingerprint density at radius 3 is 2.14 bits per heavy atom. The topological polar surface area (TPSA) is 93.7 Å². The SMILES string of the molecule is COc1ccc(CC(=O)Oc2ccc(CC[C@]3(C)NC(=O)NC3=O)cc2)cc1. The lowest BCUT2D eigenvalue weighted by molar-refractivity contribution is -0.133. The Morgan fingerprint density at radius 1 is 0.964 bits per heavy atom. The molecule has 146 valence electrons. The highest BCUT2D eigenvalue weighted by molar-refractivity contribution is 6.06. The van der Waals surface area contributed by atoms with Gasteiger partial charge in [0, 0.05) is 0 Å². The first-order valence-electron chi connectivity index (χ1n) is 8.94. The van der Waals surface area contributed by atoms with Gasteiger partial charge in [0.15, 0.2) is 0 Å². The molecule has 1 aliphatic heterocycles. The van der Waals surface area contributed by atoms with Crippen molar-refractivity contribution in [3.8, 4) is 11.5 Å². The van der Waals surface area contributed by atoms with Crippen molar-refractivity contribution in [2.75, 3.05) is 7.11 Å². The van der Waals surface area contributed by atoms with Gasteiger partial charge in [0.05, 0.1) is 13.5 Å². The molecular formula is C21H22N2O5. The molecule has 0 spiro atoms. The van der Waals surface area contributed by atoms with Gasteiger partial charge >= 0.3 is 12.0 Å². The van der Waals surface area contributed by atoms with E-state index in [-0.39, 0.29) is 18.3 Å². The minimum Gasteiger partial charge on any atom is -0.497 e. The number of benzene rings is 2. The molecule has 1 saturated heterocycles. The Hall–Kier alpha value is -3.35. The van der Waals surface area contributed by atoms with Crippen LogP contribution >= 0.6 is 0 Å². The lowest BCUT2D eigenvalue weighted by atomic mass is 9.93. The largest absolute Gasteiger partial charge is 0.497 e. The molecule has 2 aromatic rings. The van der Waals surface area contributed by atoms with Crippen LogP contribution in [0.5, 0.6) is 11.5 Å². The maximum atomic E-state index is 12.1. The first kappa shape index (κ1) is 19.4. The van der Waals surface area contributed by atoms with E-state index in [2.05, 4.69) is 10.6 Å². The number of carbonyl (C=O) groups is 3. The van der Waals surface area contributed by atoms with E-state index in [1.54, 1.807) is 38.3 Å². The molecule has 1 fully saturated rings. The number of amides is 3. The summed E-state index contributed by atoms with van der Waals surface area (Å²) >= 11 is 0. The fourth-order valence-corrected chi connectivity index (χ4v) is 2.95. The van der Waals surface area contributed by atoms with Crippen molar-refractivity contribution in [3.05, 3.63) is 59.7 Å². The molecular weight excluding hydrogens is 360 g/mol. The average molecular weight is 382 g/mol. The molecule has 7 nitrogen and oxygen atoms in total. The Morgan fingerprint density at radius 2 is 1.57 bits per heavy atom. The molecule has 3 amide bonds. The van der Waals surface area contributed by atoms with Crippen molar-refractivity contribution in [2.24, 2.45) is 0 Å². The summed E-state index contributed by atoms with van der Waals surface area (Å²) in [6.07, 6.45) is 1.24. The summed E-state index contributed by atoms with van der Waals surface area (Å²) in [6.45, 7) is 1.70. The van der Waals surface area contributed by atoms with Crippen LogP contribution in [0.1, 0.15) is 24.5 Å². The van der Waals surface area contributed by atoms with E-state index >= 15 is 0 Å². The van der Waals surface area contributed by atoms with Crippen LogP contribution in [0.3, 0.4) is 0 Å². The Bertz CT molecular complexity index is 877. The lowest BCUT2D eigenvalue weighted by Crippen LogP contribution is -2.43. The van der Waals surface area contributed by atoms with Crippen LogP contribution in [0.15, 0.2) is 48.5 Å². The molecule has 7 heteroatoms. The maximum Gasteiger partial charge on any atom is 0.322 e. The molecule has 0 unspecified atom stereocenters. The summed E-state index contributed by atoms with van der Waals surface area (Å²) < 4.78 is 10.5.